The zero-order valence-electron chi connectivity index (χ0n) is 8.59. The minimum absolute atomic E-state index is 0.474. The Balaban J connectivity index is 1.95. The van der Waals surface area contributed by atoms with Gasteiger partial charge >= 0.3 is 0 Å². The van der Waals surface area contributed by atoms with Crippen LogP contribution < -0.4 is 11.1 Å². The third kappa shape index (κ3) is 1.81. The van der Waals surface area contributed by atoms with E-state index in [0.717, 1.165) is 17.9 Å². The molecule has 3 heteroatoms. The van der Waals surface area contributed by atoms with Crippen LogP contribution in [0.25, 0.3) is 0 Å². The molecule has 0 saturated heterocycles. The minimum atomic E-state index is 0.474. The van der Waals surface area contributed by atoms with Gasteiger partial charge in [0.2, 0.25) is 0 Å². The van der Waals surface area contributed by atoms with E-state index >= 15 is 0 Å². The molecule has 0 aliphatic heterocycles. The van der Waals surface area contributed by atoms with Gasteiger partial charge < -0.3 is 11.1 Å². The van der Waals surface area contributed by atoms with Crippen molar-refractivity contribution in [2.75, 3.05) is 17.6 Å². The Bertz CT molecular complexity index is 318. The van der Waals surface area contributed by atoms with Crippen molar-refractivity contribution in [3.63, 3.8) is 0 Å². The average molecular weight is 191 g/mol. The number of nitrogens with zero attached hydrogens (tertiary/aromatic N) is 1. The lowest BCUT2D eigenvalue weighted by Gasteiger charge is -2.38. The highest BCUT2D eigenvalue weighted by Crippen LogP contribution is 2.40. The van der Waals surface area contributed by atoms with E-state index in [-0.39, 0.29) is 0 Å². The fourth-order valence-corrected chi connectivity index (χ4v) is 1.82. The monoisotopic (exact) mass is 191 g/mol. The van der Waals surface area contributed by atoms with E-state index in [1.807, 2.05) is 6.07 Å². The SMILES string of the molecule is CC1(CNc2cnccc2N)CCC1. The van der Waals surface area contributed by atoms with Crippen LogP contribution in [0.4, 0.5) is 11.4 Å². The summed E-state index contributed by atoms with van der Waals surface area (Å²) in [6.45, 7) is 3.32. The van der Waals surface area contributed by atoms with Crippen LogP contribution in [0.2, 0.25) is 0 Å². The van der Waals surface area contributed by atoms with Gasteiger partial charge in [-0.05, 0) is 24.3 Å². The van der Waals surface area contributed by atoms with Crippen molar-refractivity contribution in [2.24, 2.45) is 5.41 Å². The maximum Gasteiger partial charge on any atom is 0.0760 e. The van der Waals surface area contributed by atoms with Crippen LogP contribution >= 0.6 is 0 Å². The zero-order chi connectivity index (χ0) is 10.0. The topological polar surface area (TPSA) is 50.9 Å². The van der Waals surface area contributed by atoms with Crippen LogP contribution in [0.15, 0.2) is 18.5 Å². The molecule has 1 fully saturated rings. The Morgan fingerprint density at radius 2 is 2.36 bits per heavy atom. The molecular weight excluding hydrogens is 174 g/mol. The second-order valence-corrected chi connectivity index (χ2v) is 4.48. The summed E-state index contributed by atoms with van der Waals surface area (Å²) in [7, 11) is 0. The van der Waals surface area contributed by atoms with Crippen LogP contribution in [-0.4, -0.2) is 11.5 Å². The molecule has 0 aromatic carbocycles. The average Bonchev–Trinajstić information content (AvgIpc) is 2.14. The number of rotatable bonds is 3. The molecule has 0 bridgehead atoms. The molecule has 0 atom stereocenters. The quantitative estimate of drug-likeness (QED) is 0.770. The van der Waals surface area contributed by atoms with Gasteiger partial charge in [-0.2, -0.15) is 0 Å². The van der Waals surface area contributed by atoms with Gasteiger partial charge in [0, 0.05) is 12.7 Å². The molecule has 1 aromatic heterocycles. The van der Waals surface area contributed by atoms with E-state index in [9.17, 15) is 0 Å². The Morgan fingerprint density at radius 3 is 2.93 bits per heavy atom. The molecule has 14 heavy (non-hydrogen) atoms. The molecule has 0 radical (unpaired) electrons. The van der Waals surface area contributed by atoms with Gasteiger partial charge in [0.25, 0.3) is 0 Å². The summed E-state index contributed by atoms with van der Waals surface area (Å²) in [4.78, 5) is 4.05. The maximum atomic E-state index is 5.81. The number of hydrogen-bond acceptors (Lipinski definition) is 3. The standard InChI is InChI=1S/C11H17N3/c1-11(4-2-5-11)8-14-10-7-13-6-3-9(10)12/h3,6-7,14H,2,4-5,8H2,1H3,(H2,12,13). The van der Waals surface area contributed by atoms with Gasteiger partial charge in [-0.15, -0.1) is 0 Å². The molecular formula is C11H17N3. The minimum Gasteiger partial charge on any atom is -0.397 e. The maximum absolute atomic E-state index is 5.81. The molecule has 0 spiro atoms. The molecule has 3 N–H and O–H groups in total. The molecule has 2 rings (SSSR count). The molecule has 3 nitrogen and oxygen atoms in total. The first-order chi connectivity index (χ1) is 6.70. The first-order valence-corrected chi connectivity index (χ1v) is 5.13. The normalized spacial score (nSPS) is 18.6. The first-order valence-electron chi connectivity index (χ1n) is 5.13. The summed E-state index contributed by atoms with van der Waals surface area (Å²) in [5, 5.41) is 3.37. The molecule has 1 aliphatic rings. The van der Waals surface area contributed by atoms with Crippen LogP contribution in [0.1, 0.15) is 26.2 Å². The summed E-state index contributed by atoms with van der Waals surface area (Å²) in [6.07, 6.45) is 7.50. The van der Waals surface area contributed by atoms with Crippen LogP contribution in [0.3, 0.4) is 0 Å². The number of nitrogen functional groups attached to an aromatic ring is 1. The van der Waals surface area contributed by atoms with Gasteiger partial charge in [0.05, 0.1) is 17.6 Å². The number of nitrogens with two attached hydrogens (primary N) is 1. The van der Waals surface area contributed by atoms with Gasteiger partial charge in [-0.1, -0.05) is 13.3 Å². The van der Waals surface area contributed by atoms with Crippen molar-refractivity contribution in [3.8, 4) is 0 Å². The smallest absolute Gasteiger partial charge is 0.0760 e. The Kier molecular flexibility index (Phi) is 2.32. The van der Waals surface area contributed by atoms with Crippen LogP contribution in [0, 0.1) is 5.41 Å². The number of anilines is 2. The molecule has 76 valence electrons. The van der Waals surface area contributed by atoms with E-state index < -0.39 is 0 Å². The van der Waals surface area contributed by atoms with Gasteiger partial charge in [-0.25, -0.2) is 0 Å². The molecule has 0 amide bonds. The lowest BCUT2D eigenvalue weighted by Crippen LogP contribution is -2.33. The molecule has 1 saturated carbocycles. The third-order valence-corrected chi connectivity index (χ3v) is 3.12. The summed E-state index contributed by atoms with van der Waals surface area (Å²) in [5.74, 6) is 0. The Morgan fingerprint density at radius 1 is 1.57 bits per heavy atom. The third-order valence-electron chi connectivity index (χ3n) is 3.12. The highest BCUT2D eigenvalue weighted by Gasteiger charge is 2.31. The molecule has 1 aliphatic carbocycles. The predicted molar refractivity (Wildman–Crippen MR) is 59.1 cm³/mol. The summed E-state index contributed by atoms with van der Waals surface area (Å²) in [6, 6.07) is 1.82. The zero-order valence-corrected chi connectivity index (χ0v) is 8.59. The fourth-order valence-electron chi connectivity index (χ4n) is 1.82. The van der Waals surface area contributed by atoms with Crippen molar-refractivity contribution >= 4 is 11.4 Å². The number of nitrogens with one attached hydrogen (secondary N) is 1. The largest absolute Gasteiger partial charge is 0.397 e. The van der Waals surface area contributed by atoms with Crippen molar-refractivity contribution in [1.82, 2.24) is 4.98 Å². The second kappa shape index (κ2) is 3.48. The second-order valence-electron chi connectivity index (χ2n) is 4.48. The highest BCUT2D eigenvalue weighted by molar-refractivity contribution is 5.64. The van der Waals surface area contributed by atoms with Crippen LogP contribution in [0.5, 0.6) is 0 Å². The van der Waals surface area contributed by atoms with E-state index in [1.165, 1.54) is 19.3 Å². The number of aromatic nitrogens is 1. The van der Waals surface area contributed by atoms with Crippen molar-refractivity contribution in [2.45, 2.75) is 26.2 Å². The number of hydrogen-bond donors (Lipinski definition) is 2. The Hall–Kier alpha value is -1.25. The first kappa shape index (κ1) is 9.31. The summed E-state index contributed by atoms with van der Waals surface area (Å²) in [5.41, 5.74) is 8.02. The summed E-state index contributed by atoms with van der Waals surface area (Å²) >= 11 is 0. The lowest BCUT2D eigenvalue weighted by atomic mass is 9.70. The van der Waals surface area contributed by atoms with E-state index in [2.05, 4.69) is 17.2 Å². The van der Waals surface area contributed by atoms with E-state index in [1.54, 1.807) is 12.4 Å². The van der Waals surface area contributed by atoms with E-state index in [4.69, 9.17) is 5.73 Å². The molecule has 1 heterocycles. The van der Waals surface area contributed by atoms with Gasteiger partial charge in [0.1, 0.15) is 0 Å². The fraction of sp³-hybridized carbons (Fsp3) is 0.545. The lowest BCUT2D eigenvalue weighted by molar-refractivity contribution is 0.180. The van der Waals surface area contributed by atoms with Crippen molar-refractivity contribution < 1.29 is 0 Å². The van der Waals surface area contributed by atoms with Gasteiger partial charge in [-0.3, -0.25) is 4.98 Å². The van der Waals surface area contributed by atoms with Crippen LogP contribution in [-0.2, 0) is 0 Å². The van der Waals surface area contributed by atoms with Crippen molar-refractivity contribution in [1.29, 1.82) is 0 Å². The summed E-state index contributed by atoms with van der Waals surface area (Å²) < 4.78 is 0. The molecule has 0 unspecified atom stereocenters. The number of pyridine rings is 1. The predicted octanol–water partition coefficient (Wildman–Crippen LogP) is 2.27. The van der Waals surface area contributed by atoms with Gasteiger partial charge in [0.15, 0.2) is 0 Å². The van der Waals surface area contributed by atoms with E-state index in [0.29, 0.717) is 5.41 Å². The molecule has 1 aromatic rings. The highest BCUT2D eigenvalue weighted by atomic mass is 14.9. The Labute approximate surface area is 84.7 Å². The van der Waals surface area contributed by atoms with Crippen molar-refractivity contribution in [3.05, 3.63) is 18.5 Å².